The lowest BCUT2D eigenvalue weighted by Gasteiger charge is -2.12. The van der Waals surface area contributed by atoms with Crippen LogP contribution in [0, 0.1) is 5.82 Å². The number of halogens is 1. The third kappa shape index (κ3) is 4.90. The van der Waals surface area contributed by atoms with Gasteiger partial charge in [-0.3, -0.25) is 0 Å². The summed E-state index contributed by atoms with van der Waals surface area (Å²) in [6.45, 7) is 10.3. The Labute approximate surface area is 108 Å². The van der Waals surface area contributed by atoms with Crippen molar-refractivity contribution in [1.82, 2.24) is 0 Å². The molecule has 0 saturated carbocycles. The fraction of sp³-hybridized carbons (Fsp3) is 0.500. The zero-order valence-corrected chi connectivity index (χ0v) is 11.9. The van der Waals surface area contributed by atoms with E-state index < -0.39 is 0 Å². The van der Waals surface area contributed by atoms with Gasteiger partial charge in [-0.2, -0.15) is 0 Å². The van der Waals surface area contributed by atoms with Gasteiger partial charge in [0.2, 0.25) is 0 Å². The van der Waals surface area contributed by atoms with Crippen LogP contribution >= 0.6 is 11.9 Å². The molecule has 1 aromatic carbocycles. The van der Waals surface area contributed by atoms with Gasteiger partial charge < -0.3 is 0 Å². The van der Waals surface area contributed by atoms with Crippen LogP contribution in [0.3, 0.4) is 0 Å². The van der Waals surface area contributed by atoms with E-state index in [0.717, 1.165) is 11.1 Å². The smallest absolute Gasteiger partial charge is 0.127 e. The molecule has 0 spiro atoms. The minimum absolute atomic E-state index is 0.0902. The van der Waals surface area contributed by atoms with Crippen molar-refractivity contribution in [3.63, 3.8) is 0 Å². The molecule has 1 nitrogen and oxygen atoms in total. The highest BCUT2D eigenvalue weighted by Gasteiger charge is 2.09. The number of nitrogens with zero attached hydrogens (tertiary/aromatic N) is 1. The molecule has 0 amide bonds. The Kier molecular flexibility index (Phi) is 4.75. The van der Waals surface area contributed by atoms with Crippen LogP contribution in [-0.2, 0) is 0 Å². The maximum absolute atomic E-state index is 13.7. The predicted molar refractivity (Wildman–Crippen MR) is 75.4 cm³/mol. The van der Waals surface area contributed by atoms with Crippen LogP contribution in [-0.4, -0.2) is 11.0 Å². The highest BCUT2D eigenvalue weighted by molar-refractivity contribution is 7.99. The van der Waals surface area contributed by atoms with E-state index in [1.165, 1.54) is 11.9 Å². The van der Waals surface area contributed by atoms with Crippen molar-refractivity contribution in [1.29, 1.82) is 0 Å². The average molecular weight is 253 g/mol. The quantitative estimate of drug-likeness (QED) is 0.556. The van der Waals surface area contributed by atoms with E-state index in [1.807, 2.05) is 26.0 Å². The van der Waals surface area contributed by atoms with Crippen molar-refractivity contribution in [2.45, 2.75) is 45.3 Å². The Morgan fingerprint density at radius 3 is 2.41 bits per heavy atom. The molecule has 0 bridgehead atoms. The number of benzene rings is 1. The van der Waals surface area contributed by atoms with Crippen molar-refractivity contribution < 1.29 is 4.39 Å². The summed E-state index contributed by atoms with van der Waals surface area (Å²) < 4.78 is 18.0. The first-order valence-electron chi connectivity index (χ1n) is 5.80. The molecule has 1 rings (SSSR count). The molecule has 1 aromatic rings. The van der Waals surface area contributed by atoms with Gasteiger partial charge in [-0.1, -0.05) is 26.0 Å². The van der Waals surface area contributed by atoms with Crippen LogP contribution in [0.15, 0.2) is 22.6 Å². The van der Waals surface area contributed by atoms with Gasteiger partial charge in [0.1, 0.15) is 5.82 Å². The fourth-order valence-electron chi connectivity index (χ4n) is 1.34. The van der Waals surface area contributed by atoms with Gasteiger partial charge >= 0.3 is 0 Å². The highest BCUT2D eigenvalue weighted by Crippen LogP contribution is 2.24. The van der Waals surface area contributed by atoms with Crippen LogP contribution < -0.4 is 0 Å². The van der Waals surface area contributed by atoms with Crippen molar-refractivity contribution in [3.05, 3.63) is 35.1 Å². The fourth-order valence-corrected chi connectivity index (χ4v) is 1.83. The van der Waals surface area contributed by atoms with Gasteiger partial charge in [-0.15, -0.1) is 0 Å². The summed E-state index contributed by atoms with van der Waals surface area (Å²) in [4.78, 5) is 0. The maximum Gasteiger partial charge on any atom is 0.127 e. The lowest BCUT2D eigenvalue weighted by Crippen LogP contribution is -2.05. The molecule has 94 valence electrons. The number of hydrogen-bond donors (Lipinski definition) is 0. The van der Waals surface area contributed by atoms with E-state index >= 15 is 0 Å². The second-order valence-corrected chi connectivity index (χ2v) is 6.99. The van der Waals surface area contributed by atoms with Gasteiger partial charge in [0.25, 0.3) is 0 Å². The standard InChI is InChI=1S/C14H20FNS/c1-10(2)12-7-6-11(8-13(12)15)9-16-17-14(3,4)5/h6-10H,1-5H3/b16-9+. The Hall–Kier alpha value is -0.830. The molecule has 0 radical (unpaired) electrons. The molecular formula is C14H20FNS. The summed E-state index contributed by atoms with van der Waals surface area (Å²) >= 11 is 1.49. The van der Waals surface area contributed by atoms with Crippen LogP contribution in [0.2, 0.25) is 0 Å². The van der Waals surface area contributed by atoms with E-state index in [1.54, 1.807) is 12.3 Å². The van der Waals surface area contributed by atoms with Gasteiger partial charge in [0.15, 0.2) is 0 Å². The first-order chi connectivity index (χ1) is 7.79. The number of rotatable bonds is 3. The summed E-state index contributed by atoms with van der Waals surface area (Å²) in [5, 5.41) is 0. The normalized spacial score (nSPS) is 12.6. The van der Waals surface area contributed by atoms with Crippen molar-refractivity contribution >= 4 is 18.2 Å². The third-order valence-corrected chi connectivity index (χ3v) is 2.93. The lowest BCUT2D eigenvalue weighted by atomic mass is 10.0. The van der Waals surface area contributed by atoms with E-state index in [0.29, 0.717) is 0 Å². The Bertz CT molecular complexity index is 405. The van der Waals surface area contributed by atoms with Gasteiger partial charge in [-0.05, 0) is 55.8 Å². The van der Waals surface area contributed by atoms with Crippen LogP contribution in [0.5, 0.6) is 0 Å². The molecule has 0 aromatic heterocycles. The third-order valence-electron chi connectivity index (χ3n) is 2.17. The van der Waals surface area contributed by atoms with Gasteiger partial charge in [0.05, 0.1) is 0 Å². The second kappa shape index (κ2) is 5.67. The summed E-state index contributed by atoms with van der Waals surface area (Å²) in [5.74, 6) is 0.0645. The molecule has 3 heteroatoms. The molecule has 0 aliphatic heterocycles. The largest absolute Gasteiger partial charge is 0.223 e. The van der Waals surface area contributed by atoms with E-state index in [9.17, 15) is 4.39 Å². The first-order valence-corrected chi connectivity index (χ1v) is 6.58. The van der Waals surface area contributed by atoms with E-state index in [-0.39, 0.29) is 16.5 Å². The molecule has 0 saturated heterocycles. The van der Waals surface area contributed by atoms with Crippen molar-refractivity contribution in [2.24, 2.45) is 4.40 Å². The van der Waals surface area contributed by atoms with Gasteiger partial charge in [-0.25, -0.2) is 8.79 Å². The minimum Gasteiger partial charge on any atom is -0.223 e. The molecule has 0 aliphatic rings. The second-order valence-electron chi connectivity index (χ2n) is 5.37. The molecule has 0 fully saturated rings. The molecule has 0 atom stereocenters. The summed E-state index contributed by atoms with van der Waals surface area (Å²) in [7, 11) is 0. The Morgan fingerprint density at radius 1 is 1.29 bits per heavy atom. The summed E-state index contributed by atoms with van der Waals surface area (Å²) in [5.41, 5.74) is 1.56. The van der Waals surface area contributed by atoms with Gasteiger partial charge in [0, 0.05) is 11.0 Å². The first kappa shape index (κ1) is 14.2. The molecule has 0 unspecified atom stereocenters. The minimum atomic E-state index is -0.148. The Balaban J connectivity index is 2.78. The zero-order valence-electron chi connectivity index (χ0n) is 11.1. The van der Waals surface area contributed by atoms with Crippen molar-refractivity contribution in [3.8, 4) is 0 Å². The topological polar surface area (TPSA) is 12.4 Å². The predicted octanol–water partition coefficient (Wildman–Crippen LogP) is 4.81. The van der Waals surface area contributed by atoms with Crippen molar-refractivity contribution in [2.75, 3.05) is 0 Å². The highest BCUT2D eigenvalue weighted by atomic mass is 32.2. The molecular weight excluding hydrogens is 233 g/mol. The number of hydrogen-bond acceptors (Lipinski definition) is 2. The molecule has 0 heterocycles. The molecule has 17 heavy (non-hydrogen) atoms. The summed E-state index contributed by atoms with van der Waals surface area (Å²) in [6, 6.07) is 5.29. The maximum atomic E-state index is 13.7. The molecule has 0 N–H and O–H groups in total. The zero-order chi connectivity index (χ0) is 13.1. The average Bonchev–Trinajstić information content (AvgIpc) is 2.15. The van der Waals surface area contributed by atoms with E-state index in [4.69, 9.17) is 0 Å². The lowest BCUT2D eigenvalue weighted by molar-refractivity contribution is 0.598. The van der Waals surface area contributed by atoms with Crippen LogP contribution in [0.25, 0.3) is 0 Å². The van der Waals surface area contributed by atoms with E-state index in [2.05, 4.69) is 25.2 Å². The summed E-state index contributed by atoms with van der Waals surface area (Å²) in [6.07, 6.45) is 1.71. The van der Waals surface area contributed by atoms with Crippen LogP contribution in [0.1, 0.15) is 51.7 Å². The SMILES string of the molecule is CC(C)c1ccc(/C=N/SC(C)(C)C)cc1F. The Morgan fingerprint density at radius 2 is 1.94 bits per heavy atom. The monoisotopic (exact) mass is 253 g/mol. The molecule has 0 aliphatic carbocycles. The van der Waals surface area contributed by atoms with Crippen LogP contribution in [0.4, 0.5) is 4.39 Å².